The summed E-state index contributed by atoms with van der Waals surface area (Å²) in [5.41, 5.74) is 4.15. The van der Waals surface area contributed by atoms with Gasteiger partial charge in [0.25, 0.3) is 0 Å². The van der Waals surface area contributed by atoms with Crippen LogP contribution in [-0.2, 0) is 24.8 Å². The van der Waals surface area contributed by atoms with Gasteiger partial charge in [-0.2, -0.15) is 0 Å². The predicted octanol–water partition coefficient (Wildman–Crippen LogP) is 4.16. The monoisotopic (exact) mass is 361 g/mol. The number of nitrogens with zero attached hydrogens (tertiary/aromatic N) is 2. The Labute approximate surface area is 156 Å². The highest BCUT2D eigenvalue weighted by Crippen LogP contribution is 2.26. The number of benzene rings is 1. The summed E-state index contributed by atoms with van der Waals surface area (Å²) in [6.07, 6.45) is 4.19. The van der Waals surface area contributed by atoms with E-state index in [0.717, 1.165) is 32.6 Å². The molecule has 0 aliphatic carbocycles. The lowest BCUT2D eigenvalue weighted by molar-refractivity contribution is -0.120. The van der Waals surface area contributed by atoms with Crippen molar-refractivity contribution in [3.05, 3.63) is 77.4 Å². The Hall–Kier alpha value is -2.92. The molecule has 0 atom stereocenters. The highest BCUT2D eigenvalue weighted by molar-refractivity contribution is 7.13. The SMILES string of the molecule is Cn1cc(CC(=O)NCc2cccnc2-c2cccs2)c2ccccc21. The standard InChI is InChI=1S/C21H19N3OS/c1-24-14-16(17-7-2-3-8-18(17)24)12-20(25)23-13-15-6-4-10-22-21(15)19-9-5-11-26-19/h2-11,14H,12-13H2,1H3,(H,23,25). The summed E-state index contributed by atoms with van der Waals surface area (Å²) in [7, 11) is 2.01. The molecule has 4 aromatic rings. The van der Waals surface area contributed by atoms with E-state index in [2.05, 4.69) is 33.1 Å². The number of rotatable bonds is 5. The number of fused-ring (bicyclic) bond motifs is 1. The predicted molar refractivity (Wildman–Crippen MR) is 106 cm³/mol. The van der Waals surface area contributed by atoms with Gasteiger partial charge in [-0.25, -0.2) is 0 Å². The van der Waals surface area contributed by atoms with Gasteiger partial charge in [0.2, 0.25) is 5.91 Å². The average Bonchev–Trinajstić information content (AvgIpc) is 3.30. The number of thiophene rings is 1. The first-order valence-electron chi connectivity index (χ1n) is 8.50. The summed E-state index contributed by atoms with van der Waals surface area (Å²) in [6.45, 7) is 0.477. The summed E-state index contributed by atoms with van der Waals surface area (Å²) in [6, 6.07) is 16.1. The third-order valence-corrected chi connectivity index (χ3v) is 5.33. The van der Waals surface area contributed by atoms with E-state index in [-0.39, 0.29) is 5.91 Å². The van der Waals surface area contributed by atoms with Gasteiger partial charge in [-0.3, -0.25) is 9.78 Å². The number of carbonyl (C=O) groups excluding carboxylic acids is 1. The smallest absolute Gasteiger partial charge is 0.224 e. The Bertz CT molecular complexity index is 1050. The van der Waals surface area contributed by atoms with E-state index >= 15 is 0 Å². The van der Waals surface area contributed by atoms with Crippen molar-refractivity contribution >= 4 is 28.1 Å². The first-order chi connectivity index (χ1) is 12.7. The number of para-hydroxylation sites is 1. The lowest BCUT2D eigenvalue weighted by Crippen LogP contribution is -2.24. The molecule has 26 heavy (non-hydrogen) atoms. The Morgan fingerprint density at radius 1 is 1.12 bits per heavy atom. The van der Waals surface area contributed by atoms with Crippen molar-refractivity contribution in [1.29, 1.82) is 0 Å². The van der Waals surface area contributed by atoms with E-state index in [4.69, 9.17) is 0 Å². The molecule has 130 valence electrons. The number of hydrogen-bond acceptors (Lipinski definition) is 3. The fourth-order valence-corrected chi connectivity index (χ4v) is 3.97. The maximum atomic E-state index is 12.5. The average molecular weight is 361 g/mol. The van der Waals surface area contributed by atoms with Crippen molar-refractivity contribution in [1.82, 2.24) is 14.9 Å². The quantitative estimate of drug-likeness (QED) is 0.580. The van der Waals surface area contributed by atoms with Crippen LogP contribution in [0.1, 0.15) is 11.1 Å². The minimum atomic E-state index is 0.0161. The molecule has 3 heterocycles. The second-order valence-corrected chi connectivity index (χ2v) is 7.17. The number of pyridine rings is 1. The van der Waals surface area contributed by atoms with Crippen molar-refractivity contribution < 1.29 is 4.79 Å². The van der Waals surface area contributed by atoms with Crippen LogP contribution in [0.15, 0.2) is 66.3 Å². The summed E-state index contributed by atoms with van der Waals surface area (Å²) in [4.78, 5) is 18.1. The van der Waals surface area contributed by atoms with Crippen LogP contribution in [0.2, 0.25) is 0 Å². The fraction of sp³-hybridized carbons (Fsp3) is 0.143. The zero-order chi connectivity index (χ0) is 17.9. The molecule has 1 N–H and O–H groups in total. The first kappa shape index (κ1) is 16.5. The van der Waals surface area contributed by atoms with E-state index in [9.17, 15) is 4.79 Å². The molecule has 4 rings (SSSR count). The second kappa shape index (κ2) is 7.14. The van der Waals surface area contributed by atoms with Crippen LogP contribution in [0.5, 0.6) is 0 Å². The van der Waals surface area contributed by atoms with Gasteiger partial charge in [0.1, 0.15) is 0 Å². The fourth-order valence-electron chi connectivity index (χ4n) is 3.21. The van der Waals surface area contributed by atoms with Crippen molar-refractivity contribution in [2.24, 2.45) is 7.05 Å². The molecule has 3 aromatic heterocycles. The van der Waals surface area contributed by atoms with Crippen molar-refractivity contribution in [2.45, 2.75) is 13.0 Å². The molecule has 0 spiro atoms. The molecule has 0 aliphatic heterocycles. The number of aromatic nitrogens is 2. The third kappa shape index (κ3) is 3.26. The molecule has 0 saturated heterocycles. The third-order valence-electron chi connectivity index (χ3n) is 4.45. The van der Waals surface area contributed by atoms with Gasteiger partial charge in [-0.05, 0) is 34.7 Å². The van der Waals surface area contributed by atoms with E-state index in [0.29, 0.717) is 13.0 Å². The molecule has 0 bridgehead atoms. The number of carbonyl (C=O) groups is 1. The van der Waals surface area contributed by atoms with Crippen LogP contribution in [0, 0.1) is 0 Å². The highest BCUT2D eigenvalue weighted by atomic mass is 32.1. The minimum absolute atomic E-state index is 0.0161. The molecule has 5 heteroatoms. The minimum Gasteiger partial charge on any atom is -0.352 e. The Morgan fingerprint density at radius 3 is 2.85 bits per heavy atom. The molecule has 4 nitrogen and oxygen atoms in total. The van der Waals surface area contributed by atoms with Crippen LogP contribution < -0.4 is 5.32 Å². The summed E-state index contributed by atoms with van der Waals surface area (Å²) >= 11 is 1.65. The Balaban J connectivity index is 1.48. The summed E-state index contributed by atoms with van der Waals surface area (Å²) in [5.74, 6) is 0.0161. The van der Waals surface area contributed by atoms with Gasteiger partial charge in [0.15, 0.2) is 0 Å². The maximum absolute atomic E-state index is 12.5. The van der Waals surface area contributed by atoms with Gasteiger partial charge < -0.3 is 9.88 Å². The topological polar surface area (TPSA) is 46.9 Å². The van der Waals surface area contributed by atoms with Gasteiger partial charge in [0, 0.05) is 36.9 Å². The molecular formula is C21H19N3OS. The van der Waals surface area contributed by atoms with Crippen molar-refractivity contribution in [2.75, 3.05) is 0 Å². The molecule has 0 unspecified atom stereocenters. The zero-order valence-electron chi connectivity index (χ0n) is 14.5. The van der Waals surface area contributed by atoms with E-state index in [1.807, 2.05) is 49.0 Å². The second-order valence-electron chi connectivity index (χ2n) is 6.22. The molecule has 1 aromatic carbocycles. The van der Waals surface area contributed by atoms with E-state index in [1.54, 1.807) is 17.5 Å². The lowest BCUT2D eigenvalue weighted by atomic mass is 10.1. The Kier molecular flexibility index (Phi) is 4.54. The van der Waals surface area contributed by atoms with Crippen LogP contribution >= 0.6 is 11.3 Å². The van der Waals surface area contributed by atoms with Crippen LogP contribution in [0.4, 0.5) is 0 Å². The highest BCUT2D eigenvalue weighted by Gasteiger charge is 2.12. The number of amides is 1. The summed E-state index contributed by atoms with van der Waals surface area (Å²) < 4.78 is 2.06. The van der Waals surface area contributed by atoms with Crippen LogP contribution in [0.25, 0.3) is 21.5 Å². The normalized spacial score (nSPS) is 11.0. The first-order valence-corrected chi connectivity index (χ1v) is 9.38. The molecule has 0 saturated carbocycles. The molecule has 0 radical (unpaired) electrons. The van der Waals surface area contributed by atoms with Gasteiger partial charge >= 0.3 is 0 Å². The molecule has 1 amide bonds. The van der Waals surface area contributed by atoms with Crippen LogP contribution in [-0.4, -0.2) is 15.5 Å². The molecular weight excluding hydrogens is 342 g/mol. The van der Waals surface area contributed by atoms with Gasteiger partial charge in [0.05, 0.1) is 17.0 Å². The zero-order valence-corrected chi connectivity index (χ0v) is 15.3. The maximum Gasteiger partial charge on any atom is 0.224 e. The molecule has 0 fully saturated rings. The van der Waals surface area contributed by atoms with E-state index < -0.39 is 0 Å². The summed E-state index contributed by atoms with van der Waals surface area (Å²) in [5, 5.41) is 6.21. The van der Waals surface area contributed by atoms with Gasteiger partial charge in [-0.15, -0.1) is 11.3 Å². The van der Waals surface area contributed by atoms with Crippen LogP contribution in [0.3, 0.4) is 0 Å². The lowest BCUT2D eigenvalue weighted by Gasteiger charge is -2.08. The molecule has 0 aliphatic rings. The largest absolute Gasteiger partial charge is 0.352 e. The Morgan fingerprint density at radius 2 is 2.00 bits per heavy atom. The van der Waals surface area contributed by atoms with Crippen molar-refractivity contribution in [3.63, 3.8) is 0 Å². The van der Waals surface area contributed by atoms with Gasteiger partial charge in [-0.1, -0.05) is 30.3 Å². The van der Waals surface area contributed by atoms with Crippen molar-refractivity contribution in [3.8, 4) is 10.6 Å². The van der Waals surface area contributed by atoms with E-state index in [1.165, 1.54) is 0 Å². The number of nitrogens with one attached hydrogen (secondary N) is 1. The number of hydrogen-bond donors (Lipinski definition) is 1. The number of aryl methyl sites for hydroxylation is 1.